The van der Waals surface area contributed by atoms with Gasteiger partial charge in [-0.2, -0.15) is 0 Å². The first-order chi connectivity index (χ1) is 18.1. The highest BCUT2D eigenvalue weighted by Gasteiger charge is 2.48. The van der Waals surface area contributed by atoms with E-state index in [0.29, 0.717) is 22.4 Å². The number of aryl methyl sites for hydroxylation is 3. The summed E-state index contributed by atoms with van der Waals surface area (Å²) >= 11 is 0. The van der Waals surface area contributed by atoms with Crippen molar-refractivity contribution in [2.24, 2.45) is 0 Å². The Morgan fingerprint density at radius 3 is 2.29 bits per heavy atom. The first-order valence-electron chi connectivity index (χ1n) is 12.3. The Morgan fingerprint density at radius 2 is 1.66 bits per heavy atom. The van der Waals surface area contributed by atoms with E-state index in [9.17, 15) is 14.7 Å². The van der Waals surface area contributed by atoms with Gasteiger partial charge in [0, 0.05) is 25.3 Å². The Morgan fingerprint density at radius 1 is 0.974 bits per heavy atom. The number of aliphatic hydroxyl groups is 1. The molecule has 2 heterocycles. The molecule has 1 atom stereocenters. The Labute approximate surface area is 221 Å². The van der Waals surface area contributed by atoms with Crippen molar-refractivity contribution in [3.63, 3.8) is 0 Å². The minimum absolute atomic E-state index is 0.00462. The molecule has 0 aliphatic carbocycles. The first-order valence-corrected chi connectivity index (χ1v) is 12.3. The third-order valence-corrected chi connectivity index (χ3v) is 7.15. The van der Waals surface area contributed by atoms with Crippen LogP contribution in [-0.2, 0) is 9.59 Å². The fourth-order valence-electron chi connectivity index (χ4n) is 4.87. The van der Waals surface area contributed by atoms with Crippen LogP contribution in [0.15, 0.2) is 60.2 Å². The third kappa shape index (κ3) is 4.08. The van der Waals surface area contributed by atoms with Crippen molar-refractivity contribution >= 4 is 40.1 Å². The van der Waals surface area contributed by atoms with Crippen LogP contribution in [-0.4, -0.2) is 48.0 Å². The number of hydrogen-bond acceptors (Lipinski definition) is 6. The molecular formula is C30H30N4O4. The van der Waals surface area contributed by atoms with Gasteiger partial charge in [0.15, 0.2) is 0 Å². The number of nitrogens with one attached hydrogen (secondary N) is 1. The number of benzene rings is 3. The molecule has 1 aliphatic heterocycles. The molecule has 1 aromatic heterocycles. The van der Waals surface area contributed by atoms with Gasteiger partial charge in [-0.3, -0.25) is 14.5 Å². The Kier molecular flexibility index (Phi) is 6.18. The molecular weight excluding hydrogens is 480 g/mol. The number of ether oxygens (including phenoxy) is 1. The summed E-state index contributed by atoms with van der Waals surface area (Å²) < 4.78 is 5.34. The van der Waals surface area contributed by atoms with Gasteiger partial charge in [0.25, 0.3) is 5.78 Å². The van der Waals surface area contributed by atoms with Gasteiger partial charge in [0.05, 0.1) is 29.8 Å². The second-order valence-corrected chi connectivity index (χ2v) is 9.85. The molecule has 0 radical (unpaired) electrons. The number of aromatic amines is 1. The van der Waals surface area contributed by atoms with Crippen LogP contribution >= 0.6 is 0 Å². The lowest BCUT2D eigenvalue weighted by Gasteiger charge is -2.24. The Bertz CT molecular complexity index is 1580. The standard InChI is InChI=1S/C30H30N4O4/c1-16-14-22-23(15-17(16)2)32-30(31-22)34-26(19-7-10-21(11-8-19)33(4)5)25(28(36)29(34)37)27(35)20-9-12-24(38-6)18(3)13-20/h7-15,26,35H,1-6H3,(H,31,32)/b27-25+. The predicted octanol–water partition coefficient (Wildman–Crippen LogP) is 5.19. The molecule has 1 saturated heterocycles. The molecule has 3 aromatic carbocycles. The molecule has 1 aliphatic rings. The van der Waals surface area contributed by atoms with Gasteiger partial charge in [0.2, 0.25) is 5.95 Å². The number of aromatic nitrogens is 2. The van der Waals surface area contributed by atoms with Crippen molar-refractivity contribution in [3.8, 4) is 5.75 Å². The van der Waals surface area contributed by atoms with Crippen LogP contribution in [0.25, 0.3) is 16.8 Å². The smallest absolute Gasteiger partial charge is 0.302 e. The monoisotopic (exact) mass is 510 g/mol. The van der Waals surface area contributed by atoms with Gasteiger partial charge in [-0.15, -0.1) is 0 Å². The lowest BCUT2D eigenvalue weighted by Crippen LogP contribution is -2.30. The van der Waals surface area contributed by atoms with Crippen molar-refractivity contribution < 1.29 is 19.4 Å². The van der Waals surface area contributed by atoms with Crippen LogP contribution in [0.2, 0.25) is 0 Å². The maximum Gasteiger partial charge on any atom is 0.302 e. The summed E-state index contributed by atoms with van der Waals surface area (Å²) in [6.45, 7) is 5.85. The zero-order valence-corrected chi connectivity index (χ0v) is 22.3. The molecule has 0 bridgehead atoms. The number of methoxy groups -OCH3 is 1. The number of rotatable bonds is 5. The van der Waals surface area contributed by atoms with E-state index in [0.717, 1.165) is 27.9 Å². The molecule has 0 saturated carbocycles. The van der Waals surface area contributed by atoms with Crippen LogP contribution in [0.3, 0.4) is 0 Å². The number of aliphatic hydroxyl groups excluding tert-OH is 1. The van der Waals surface area contributed by atoms with Gasteiger partial charge in [0.1, 0.15) is 11.5 Å². The van der Waals surface area contributed by atoms with E-state index in [1.54, 1.807) is 25.3 Å². The Hall–Kier alpha value is -4.59. The summed E-state index contributed by atoms with van der Waals surface area (Å²) in [5.74, 6) is -0.873. The van der Waals surface area contributed by atoms with E-state index >= 15 is 0 Å². The highest BCUT2D eigenvalue weighted by Crippen LogP contribution is 2.42. The second kappa shape index (κ2) is 9.37. The molecule has 38 heavy (non-hydrogen) atoms. The summed E-state index contributed by atoms with van der Waals surface area (Å²) in [4.78, 5) is 38.2. The number of imidazole rings is 1. The summed E-state index contributed by atoms with van der Waals surface area (Å²) in [7, 11) is 5.44. The number of anilines is 2. The number of nitrogens with zero attached hydrogens (tertiary/aromatic N) is 3. The fraction of sp³-hybridized carbons (Fsp3) is 0.233. The maximum absolute atomic E-state index is 13.5. The maximum atomic E-state index is 13.5. The first kappa shape index (κ1) is 25.1. The van der Waals surface area contributed by atoms with E-state index in [1.165, 1.54) is 4.90 Å². The molecule has 1 fully saturated rings. The molecule has 1 amide bonds. The van der Waals surface area contributed by atoms with Gasteiger partial charge in [-0.1, -0.05) is 12.1 Å². The normalized spacial score (nSPS) is 16.9. The number of Topliss-reactive ketones (excluding diaryl/α,β-unsaturated/α-hetero) is 1. The highest BCUT2D eigenvalue weighted by molar-refractivity contribution is 6.51. The minimum atomic E-state index is -0.878. The molecule has 1 unspecified atom stereocenters. The molecule has 0 spiro atoms. The quantitative estimate of drug-likeness (QED) is 0.218. The van der Waals surface area contributed by atoms with Crippen molar-refractivity contribution in [2.75, 3.05) is 31.0 Å². The van der Waals surface area contributed by atoms with Gasteiger partial charge < -0.3 is 19.7 Å². The highest BCUT2D eigenvalue weighted by atomic mass is 16.5. The average Bonchev–Trinajstić information content (AvgIpc) is 3.41. The number of H-pyrrole nitrogens is 1. The van der Waals surface area contributed by atoms with Crippen LogP contribution in [0.1, 0.15) is 33.9 Å². The number of hydrogen-bond donors (Lipinski definition) is 2. The molecule has 8 nitrogen and oxygen atoms in total. The second-order valence-electron chi connectivity index (χ2n) is 9.85. The van der Waals surface area contributed by atoms with E-state index in [-0.39, 0.29) is 17.3 Å². The molecule has 194 valence electrons. The summed E-state index contributed by atoms with van der Waals surface area (Å²) in [6, 6.07) is 15.7. The average molecular weight is 511 g/mol. The zero-order chi connectivity index (χ0) is 27.3. The third-order valence-electron chi connectivity index (χ3n) is 7.15. The van der Waals surface area contributed by atoms with Crippen molar-refractivity contribution in [2.45, 2.75) is 26.8 Å². The van der Waals surface area contributed by atoms with Crippen molar-refractivity contribution in [1.29, 1.82) is 0 Å². The van der Waals surface area contributed by atoms with Crippen LogP contribution in [0.4, 0.5) is 11.6 Å². The largest absolute Gasteiger partial charge is 0.507 e. The van der Waals surface area contributed by atoms with Gasteiger partial charge in [-0.05, 0) is 85.5 Å². The number of ketones is 1. The SMILES string of the molecule is COc1ccc(/C(O)=C2\C(=O)C(=O)N(c3nc4cc(C)c(C)cc4[nH]3)C2c2ccc(N(C)C)cc2)cc1C. The number of carbonyl (C=O) groups excluding carboxylic acids is 2. The predicted molar refractivity (Wildman–Crippen MR) is 149 cm³/mol. The topological polar surface area (TPSA) is 98.8 Å². The van der Waals surface area contributed by atoms with Gasteiger partial charge in [-0.25, -0.2) is 4.98 Å². The fourth-order valence-corrected chi connectivity index (χ4v) is 4.87. The lowest BCUT2D eigenvalue weighted by atomic mass is 9.94. The van der Waals surface area contributed by atoms with E-state index in [2.05, 4.69) is 9.97 Å². The van der Waals surface area contributed by atoms with Crippen molar-refractivity contribution in [3.05, 3.63) is 88.0 Å². The Balaban J connectivity index is 1.72. The number of amides is 1. The summed E-state index contributed by atoms with van der Waals surface area (Å²) in [5.41, 5.74) is 6.47. The van der Waals surface area contributed by atoms with E-state index in [1.807, 2.05) is 76.2 Å². The van der Waals surface area contributed by atoms with Crippen LogP contribution in [0.5, 0.6) is 5.75 Å². The molecule has 5 rings (SSSR count). The number of carbonyl (C=O) groups is 2. The van der Waals surface area contributed by atoms with Gasteiger partial charge >= 0.3 is 5.91 Å². The summed E-state index contributed by atoms with van der Waals surface area (Å²) in [6.07, 6.45) is 0. The zero-order valence-electron chi connectivity index (χ0n) is 22.3. The molecule has 2 N–H and O–H groups in total. The van der Waals surface area contributed by atoms with Crippen LogP contribution in [0, 0.1) is 20.8 Å². The molecule has 4 aromatic rings. The minimum Gasteiger partial charge on any atom is -0.507 e. The van der Waals surface area contributed by atoms with Crippen molar-refractivity contribution in [1.82, 2.24) is 9.97 Å². The molecule has 8 heteroatoms. The number of fused-ring (bicyclic) bond motifs is 1. The van der Waals surface area contributed by atoms with Crippen LogP contribution < -0.4 is 14.5 Å². The summed E-state index contributed by atoms with van der Waals surface area (Å²) in [5, 5.41) is 11.4. The lowest BCUT2D eigenvalue weighted by molar-refractivity contribution is -0.132. The van der Waals surface area contributed by atoms with E-state index in [4.69, 9.17) is 4.74 Å². The van der Waals surface area contributed by atoms with E-state index < -0.39 is 17.7 Å².